The molecule has 0 spiro atoms. The summed E-state index contributed by atoms with van der Waals surface area (Å²) >= 11 is 0. The van der Waals surface area contributed by atoms with Gasteiger partial charge in [-0.3, -0.25) is 4.18 Å². The van der Waals surface area contributed by atoms with Crippen LogP contribution in [0.4, 0.5) is 17.6 Å². The summed E-state index contributed by atoms with van der Waals surface area (Å²) in [7, 11) is -2.05. The molecule has 0 aliphatic carbocycles. The quantitative estimate of drug-likeness (QED) is 0.324. The van der Waals surface area contributed by atoms with Gasteiger partial charge in [-0.2, -0.15) is 8.78 Å². The normalized spacial score (nSPS) is 19.4. The third-order valence-corrected chi connectivity index (χ3v) is 3.08. The fourth-order valence-electron chi connectivity index (χ4n) is 1.52. The molecule has 1 aliphatic heterocycles. The molecule has 122 valence electrons. The van der Waals surface area contributed by atoms with Gasteiger partial charge in [-0.05, 0) is 0 Å². The standard InChI is InChI=1S/C8H14F4NO.CH4O4S/c1-13(2-4-14-5-3-13)6-8(11,12)7(9)10;1-5-6(2,3)4/h7H,2-6H2,1H3;1H3,(H,2,3,4)/q+1;/p-1. The summed E-state index contributed by atoms with van der Waals surface area (Å²) in [6.07, 6.45) is -3.58. The van der Waals surface area contributed by atoms with Crippen molar-refractivity contribution in [1.82, 2.24) is 0 Å². The number of morpholine rings is 1. The Morgan fingerprint density at radius 1 is 1.35 bits per heavy atom. The van der Waals surface area contributed by atoms with Crippen LogP contribution < -0.4 is 0 Å². The maximum Gasteiger partial charge on any atom is 0.354 e. The first-order valence-corrected chi connectivity index (χ1v) is 6.84. The zero-order chi connectivity index (χ0) is 16.0. The Bertz CT molecular complexity index is 384. The van der Waals surface area contributed by atoms with E-state index in [1.165, 1.54) is 0 Å². The van der Waals surface area contributed by atoms with Crippen LogP contribution in [0.1, 0.15) is 0 Å². The van der Waals surface area contributed by atoms with Crippen molar-refractivity contribution in [1.29, 1.82) is 0 Å². The van der Waals surface area contributed by atoms with Crippen molar-refractivity contribution < 1.29 is 43.9 Å². The van der Waals surface area contributed by atoms with Crippen LogP contribution in [0.3, 0.4) is 0 Å². The number of quaternary nitrogens is 1. The maximum absolute atomic E-state index is 12.8. The van der Waals surface area contributed by atoms with E-state index in [1.807, 2.05) is 0 Å². The Labute approximate surface area is 114 Å². The Morgan fingerprint density at radius 3 is 2.05 bits per heavy atom. The molecule has 0 N–H and O–H groups in total. The molecule has 1 rings (SSSR count). The molecule has 6 nitrogen and oxygen atoms in total. The smallest absolute Gasteiger partial charge is 0.354 e. The van der Waals surface area contributed by atoms with Gasteiger partial charge in [0.05, 0.1) is 27.4 Å². The second kappa shape index (κ2) is 7.50. The van der Waals surface area contributed by atoms with Crippen molar-refractivity contribution in [2.24, 2.45) is 0 Å². The van der Waals surface area contributed by atoms with Crippen LogP contribution in [0.5, 0.6) is 0 Å². The summed E-state index contributed by atoms with van der Waals surface area (Å²) in [6.45, 7) is 0.629. The van der Waals surface area contributed by atoms with E-state index in [0.717, 1.165) is 7.11 Å². The van der Waals surface area contributed by atoms with Crippen molar-refractivity contribution in [3.8, 4) is 0 Å². The highest BCUT2D eigenvalue weighted by molar-refractivity contribution is 7.80. The number of alkyl halides is 4. The van der Waals surface area contributed by atoms with Gasteiger partial charge in [-0.1, -0.05) is 0 Å². The molecule has 0 atom stereocenters. The first-order chi connectivity index (χ1) is 8.92. The number of rotatable bonds is 4. The van der Waals surface area contributed by atoms with E-state index in [1.54, 1.807) is 7.05 Å². The lowest BCUT2D eigenvalue weighted by Crippen LogP contribution is -2.58. The number of ether oxygens (including phenoxy) is 1. The van der Waals surface area contributed by atoms with Gasteiger partial charge in [0.15, 0.2) is 0 Å². The van der Waals surface area contributed by atoms with Crippen LogP contribution in [0.25, 0.3) is 0 Å². The van der Waals surface area contributed by atoms with Gasteiger partial charge in [-0.15, -0.1) is 0 Å². The third-order valence-electron chi connectivity index (χ3n) is 2.67. The molecule has 0 bridgehead atoms. The molecule has 1 saturated heterocycles. The number of nitrogens with zero attached hydrogens (tertiary/aromatic N) is 1. The molecule has 0 amide bonds. The van der Waals surface area contributed by atoms with Gasteiger partial charge in [0.25, 0.3) is 0 Å². The second-order valence-corrected chi connectivity index (χ2v) is 5.62. The summed E-state index contributed by atoms with van der Waals surface area (Å²) < 4.78 is 85.4. The molecular weight excluding hydrogens is 310 g/mol. The Morgan fingerprint density at radius 2 is 1.75 bits per heavy atom. The van der Waals surface area contributed by atoms with E-state index in [9.17, 15) is 30.5 Å². The first-order valence-electron chi connectivity index (χ1n) is 5.50. The Hall–Kier alpha value is -0.490. The van der Waals surface area contributed by atoms with Crippen molar-refractivity contribution in [2.45, 2.75) is 12.3 Å². The minimum absolute atomic E-state index is 0.0443. The summed E-state index contributed by atoms with van der Waals surface area (Å²) in [5, 5.41) is 0. The molecule has 20 heavy (non-hydrogen) atoms. The van der Waals surface area contributed by atoms with Crippen LogP contribution in [-0.4, -0.2) is 76.8 Å². The van der Waals surface area contributed by atoms with E-state index in [-0.39, 0.29) is 4.48 Å². The molecule has 0 aromatic carbocycles. The molecule has 0 unspecified atom stereocenters. The zero-order valence-corrected chi connectivity index (χ0v) is 11.8. The van der Waals surface area contributed by atoms with E-state index in [4.69, 9.17) is 4.74 Å². The highest BCUT2D eigenvalue weighted by atomic mass is 32.3. The predicted molar refractivity (Wildman–Crippen MR) is 59.3 cm³/mol. The molecule has 11 heteroatoms. The average molecular weight is 327 g/mol. The molecule has 0 aromatic heterocycles. The fraction of sp³-hybridized carbons (Fsp3) is 1.00. The second-order valence-electron chi connectivity index (χ2n) is 4.47. The van der Waals surface area contributed by atoms with Crippen LogP contribution >= 0.6 is 0 Å². The minimum Gasteiger partial charge on any atom is -0.726 e. The first kappa shape index (κ1) is 19.5. The van der Waals surface area contributed by atoms with Crippen LogP contribution in [0.2, 0.25) is 0 Å². The summed E-state index contributed by atoms with van der Waals surface area (Å²) in [5.74, 6) is -3.90. The topological polar surface area (TPSA) is 75.7 Å². The number of hydrogen-bond acceptors (Lipinski definition) is 5. The Balaban J connectivity index is 0.000000511. The van der Waals surface area contributed by atoms with Crippen molar-refractivity contribution >= 4 is 10.4 Å². The van der Waals surface area contributed by atoms with Gasteiger partial charge in [0.2, 0.25) is 10.4 Å². The monoisotopic (exact) mass is 327 g/mol. The Kier molecular flexibility index (Phi) is 7.32. The minimum atomic E-state index is -4.41. The van der Waals surface area contributed by atoms with Crippen LogP contribution in [0, 0.1) is 0 Å². The number of likely N-dealkylation sites (N-methyl/N-ethyl adjacent to an activating group) is 1. The predicted octanol–water partition coefficient (Wildman–Crippen LogP) is 0.457. The SMILES string of the molecule is COS(=O)(=O)[O-].C[N+]1(CC(F)(F)C(F)F)CCOCC1. The van der Waals surface area contributed by atoms with Gasteiger partial charge in [0, 0.05) is 0 Å². The zero-order valence-electron chi connectivity index (χ0n) is 11.0. The lowest BCUT2D eigenvalue weighted by molar-refractivity contribution is -0.924. The van der Waals surface area contributed by atoms with Crippen LogP contribution in [-0.2, 0) is 19.3 Å². The van der Waals surface area contributed by atoms with Crippen LogP contribution in [0.15, 0.2) is 0 Å². The molecular formula is C9H17F4NO5S. The number of halogens is 4. The molecule has 1 fully saturated rings. The number of hydrogen-bond donors (Lipinski definition) is 0. The average Bonchev–Trinajstić information content (AvgIpc) is 2.28. The van der Waals surface area contributed by atoms with E-state index < -0.39 is 29.3 Å². The lowest BCUT2D eigenvalue weighted by atomic mass is 10.2. The maximum atomic E-state index is 12.8. The lowest BCUT2D eigenvalue weighted by Gasteiger charge is -2.39. The molecule has 1 heterocycles. The van der Waals surface area contributed by atoms with Gasteiger partial charge < -0.3 is 13.8 Å². The summed E-state index contributed by atoms with van der Waals surface area (Å²) in [5.41, 5.74) is 0. The fourth-order valence-corrected chi connectivity index (χ4v) is 1.52. The van der Waals surface area contributed by atoms with E-state index in [0.29, 0.717) is 26.3 Å². The highest BCUT2D eigenvalue weighted by Gasteiger charge is 2.48. The van der Waals surface area contributed by atoms with E-state index >= 15 is 0 Å². The summed E-state index contributed by atoms with van der Waals surface area (Å²) in [4.78, 5) is 0. The molecule has 0 saturated carbocycles. The van der Waals surface area contributed by atoms with Gasteiger partial charge in [0.1, 0.15) is 19.6 Å². The van der Waals surface area contributed by atoms with E-state index in [2.05, 4.69) is 4.18 Å². The third kappa shape index (κ3) is 7.94. The largest absolute Gasteiger partial charge is 0.726 e. The molecule has 0 radical (unpaired) electrons. The highest BCUT2D eigenvalue weighted by Crippen LogP contribution is 2.26. The van der Waals surface area contributed by atoms with Crippen molar-refractivity contribution in [3.05, 3.63) is 0 Å². The van der Waals surface area contributed by atoms with Gasteiger partial charge in [-0.25, -0.2) is 17.2 Å². The van der Waals surface area contributed by atoms with Gasteiger partial charge >= 0.3 is 12.3 Å². The van der Waals surface area contributed by atoms with Crippen molar-refractivity contribution in [2.75, 3.05) is 47.0 Å². The van der Waals surface area contributed by atoms with Crippen molar-refractivity contribution in [3.63, 3.8) is 0 Å². The molecule has 0 aromatic rings. The summed E-state index contributed by atoms with van der Waals surface area (Å²) in [6, 6.07) is 0. The molecule has 1 aliphatic rings.